The number of nitrogens with one attached hydrogen (secondary N) is 2. The molecule has 2 aromatic rings. The van der Waals surface area contributed by atoms with Gasteiger partial charge in [0.2, 0.25) is 0 Å². The molecule has 2 amide bonds. The van der Waals surface area contributed by atoms with E-state index in [0.29, 0.717) is 24.8 Å². The highest BCUT2D eigenvalue weighted by atomic mass is 19.4. The largest absolute Gasteiger partial charge is 0.573 e. The van der Waals surface area contributed by atoms with Crippen molar-refractivity contribution in [2.24, 2.45) is 17.8 Å². The number of urea groups is 1. The molecular weight excluding hydrogens is 582 g/mol. The second-order valence-corrected chi connectivity index (χ2v) is 10.6. The summed E-state index contributed by atoms with van der Waals surface area (Å²) < 4.78 is 88.0. The second-order valence-electron chi connectivity index (χ2n) is 10.6. The molecule has 0 bridgehead atoms. The van der Waals surface area contributed by atoms with Gasteiger partial charge in [-0.2, -0.15) is 0 Å². The van der Waals surface area contributed by atoms with E-state index in [2.05, 4.69) is 20.1 Å². The molecule has 2 aromatic carbocycles. The first-order valence-electron chi connectivity index (χ1n) is 13.5. The molecule has 0 heterocycles. The number of hydrogen-bond donors (Lipinski definition) is 3. The normalized spacial score (nSPS) is 23.6. The minimum Gasteiger partial charge on any atom is -0.481 e. The van der Waals surface area contributed by atoms with Crippen LogP contribution in [0.5, 0.6) is 5.75 Å². The first-order valence-corrected chi connectivity index (χ1v) is 13.5. The molecule has 3 N–H and O–H groups in total. The van der Waals surface area contributed by atoms with E-state index in [1.165, 1.54) is 25.1 Å². The summed E-state index contributed by atoms with van der Waals surface area (Å²) in [5, 5.41) is 15.1. The lowest BCUT2D eigenvalue weighted by molar-refractivity contribution is -0.309. The van der Waals surface area contributed by atoms with Crippen LogP contribution in [0.4, 0.5) is 31.1 Å². The van der Waals surface area contributed by atoms with E-state index in [1.807, 2.05) is 0 Å². The first kappa shape index (κ1) is 31.8. The van der Waals surface area contributed by atoms with Crippen LogP contribution in [-0.2, 0) is 21.5 Å². The van der Waals surface area contributed by atoms with E-state index in [1.54, 1.807) is 36.4 Å². The molecule has 0 radical (unpaired) electrons. The minimum atomic E-state index is -5.03. The SMILES string of the molecule is CC1C(OC(F)(F)F)=CC=CC1C(Cc1ccccc1)(NC(=O)NC1CCCC1C(=O)O)c1cccc(OC(F)(F)F)c1. The number of allylic oxidation sites excluding steroid dienone is 3. The Bertz CT molecular complexity index is 1360. The van der Waals surface area contributed by atoms with Crippen LogP contribution in [-0.4, -0.2) is 35.9 Å². The fourth-order valence-electron chi connectivity index (χ4n) is 5.95. The van der Waals surface area contributed by atoms with E-state index < -0.39 is 65.6 Å². The summed E-state index contributed by atoms with van der Waals surface area (Å²) in [5.74, 6) is -4.99. The van der Waals surface area contributed by atoms with E-state index in [-0.39, 0.29) is 12.0 Å². The van der Waals surface area contributed by atoms with Crippen molar-refractivity contribution < 1.29 is 50.5 Å². The smallest absolute Gasteiger partial charge is 0.481 e. The average Bonchev–Trinajstić information content (AvgIpc) is 3.37. The van der Waals surface area contributed by atoms with Gasteiger partial charge in [-0.05, 0) is 42.2 Å². The molecule has 232 valence electrons. The van der Waals surface area contributed by atoms with Crippen molar-refractivity contribution in [3.63, 3.8) is 0 Å². The molecule has 0 saturated heterocycles. The van der Waals surface area contributed by atoms with Crippen LogP contribution in [0.3, 0.4) is 0 Å². The van der Waals surface area contributed by atoms with Gasteiger partial charge in [0, 0.05) is 24.3 Å². The third-order valence-electron chi connectivity index (χ3n) is 7.76. The highest BCUT2D eigenvalue weighted by Gasteiger charge is 2.48. The topological polar surface area (TPSA) is 96.9 Å². The minimum absolute atomic E-state index is 0.0671. The number of benzene rings is 2. The molecule has 5 atom stereocenters. The fraction of sp³-hybridized carbons (Fsp3) is 0.400. The van der Waals surface area contributed by atoms with Gasteiger partial charge in [-0.15, -0.1) is 26.3 Å². The predicted octanol–water partition coefficient (Wildman–Crippen LogP) is 6.82. The van der Waals surface area contributed by atoms with E-state index in [9.17, 15) is 41.0 Å². The number of halogens is 6. The van der Waals surface area contributed by atoms with Crippen molar-refractivity contribution in [2.45, 2.75) is 56.9 Å². The van der Waals surface area contributed by atoms with Crippen LogP contribution in [0.1, 0.15) is 37.3 Å². The van der Waals surface area contributed by atoms with E-state index in [0.717, 1.165) is 18.2 Å². The van der Waals surface area contributed by atoms with Crippen molar-refractivity contribution >= 4 is 12.0 Å². The maximum Gasteiger partial charge on any atom is 0.573 e. The summed E-state index contributed by atoms with van der Waals surface area (Å²) in [5.41, 5.74) is -0.940. The van der Waals surface area contributed by atoms with Crippen LogP contribution in [0.2, 0.25) is 0 Å². The fourth-order valence-corrected chi connectivity index (χ4v) is 5.95. The Balaban J connectivity index is 1.84. The summed E-state index contributed by atoms with van der Waals surface area (Å²) in [6.45, 7) is 1.46. The van der Waals surface area contributed by atoms with Gasteiger partial charge in [0.25, 0.3) is 0 Å². The number of hydrogen-bond acceptors (Lipinski definition) is 4. The highest BCUT2D eigenvalue weighted by molar-refractivity contribution is 5.78. The Kier molecular flexibility index (Phi) is 9.31. The molecule has 0 aliphatic heterocycles. The van der Waals surface area contributed by atoms with Crippen molar-refractivity contribution in [2.75, 3.05) is 0 Å². The highest BCUT2D eigenvalue weighted by Crippen LogP contribution is 2.45. The maximum atomic E-state index is 13.6. The summed E-state index contributed by atoms with van der Waals surface area (Å²) >= 11 is 0. The lowest BCUT2D eigenvalue weighted by atomic mass is 9.67. The molecule has 43 heavy (non-hydrogen) atoms. The molecule has 5 unspecified atom stereocenters. The average molecular weight is 613 g/mol. The molecule has 2 aliphatic rings. The zero-order valence-electron chi connectivity index (χ0n) is 22.9. The Morgan fingerprint density at radius 3 is 2.30 bits per heavy atom. The Hall–Kier alpha value is -4.16. The molecular formula is C30H30F6N2O5. The van der Waals surface area contributed by atoms with Gasteiger partial charge in [0.05, 0.1) is 11.5 Å². The van der Waals surface area contributed by atoms with Crippen molar-refractivity contribution in [3.8, 4) is 5.75 Å². The van der Waals surface area contributed by atoms with Crippen LogP contribution in [0.25, 0.3) is 0 Å². The number of carbonyl (C=O) groups is 2. The van der Waals surface area contributed by atoms with Gasteiger partial charge >= 0.3 is 24.7 Å². The van der Waals surface area contributed by atoms with E-state index >= 15 is 0 Å². The predicted molar refractivity (Wildman–Crippen MR) is 142 cm³/mol. The molecule has 0 aromatic heterocycles. The zero-order valence-corrected chi connectivity index (χ0v) is 22.9. The van der Waals surface area contributed by atoms with Gasteiger partial charge in [0.15, 0.2) is 0 Å². The Labute approximate surface area is 243 Å². The molecule has 1 saturated carbocycles. The number of amides is 2. The molecule has 0 spiro atoms. The maximum absolute atomic E-state index is 13.6. The molecule has 13 heteroatoms. The zero-order chi connectivity index (χ0) is 31.4. The second kappa shape index (κ2) is 12.6. The summed E-state index contributed by atoms with van der Waals surface area (Å²) in [6, 6.07) is 11.9. The molecule has 2 aliphatic carbocycles. The number of aliphatic carboxylic acids is 1. The number of carboxylic acids is 1. The number of carboxylic acid groups (broad SMARTS) is 1. The third kappa shape index (κ3) is 8.02. The lowest BCUT2D eigenvalue weighted by Gasteiger charge is -2.45. The van der Waals surface area contributed by atoms with Gasteiger partial charge in [-0.3, -0.25) is 4.79 Å². The number of alkyl halides is 6. The van der Waals surface area contributed by atoms with Crippen molar-refractivity contribution in [3.05, 3.63) is 89.7 Å². The van der Waals surface area contributed by atoms with E-state index in [4.69, 9.17) is 0 Å². The number of carbonyl (C=O) groups excluding carboxylic acids is 1. The van der Waals surface area contributed by atoms with Gasteiger partial charge in [-0.25, -0.2) is 4.79 Å². The standard InChI is InChI=1S/C30H30F6N2O5/c1-18-23(13-7-15-25(18)43-30(34,35)36)28(17-19-8-3-2-4-9-19,20-10-5-11-21(16-20)42-29(31,32)33)38-27(41)37-24-14-6-12-22(24)26(39)40/h2-5,7-11,13,15-16,18,22-24H,6,12,14,17H2,1H3,(H,39,40)(H2,37,38,41). The Morgan fingerprint density at radius 2 is 1.65 bits per heavy atom. The van der Waals surface area contributed by atoms with Crippen LogP contribution in [0, 0.1) is 17.8 Å². The number of ether oxygens (including phenoxy) is 2. The van der Waals surface area contributed by atoms with Gasteiger partial charge in [0.1, 0.15) is 11.5 Å². The van der Waals surface area contributed by atoms with Crippen LogP contribution < -0.4 is 15.4 Å². The van der Waals surface area contributed by atoms with Gasteiger partial charge < -0.3 is 25.2 Å². The lowest BCUT2D eigenvalue weighted by Crippen LogP contribution is -2.58. The molecule has 4 rings (SSSR count). The number of rotatable bonds is 9. The van der Waals surface area contributed by atoms with Crippen molar-refractivity contribution in [1.82, 2.24) is 10.6 Å². The van der Waals surface area contributed by atoms with Gasteiger partial charge in [-0.1, -0.05) is 68.0 Å². The molecule has 7 nitrogen and oxygen atoms in total. The summed E-state index contributed by atoms with van der Waals surface area (Å²) in [4.78, 5) is 25.4. The third-order valence-corrected chi connectivity index (χ3v) is 7.76. The Morgan fingerprint density at radius 1 is 0.953 bits per heavy atom. The van der Waals surface area contributed by atoms with Crippen LogP contribution >= 0.6 is 0 Å². The quantitative estimate of drug-likeness (QED) is 0.270. The van der Waals surface area contributed by atoms with Crippen LogP contribution in [0.15, 0.2) is 78.6 Å². The monoisotopic (exact) mass is 612 g/mol. The molecule has 1 fully saturated rings. The van der Waals surface area contributed by atoms with Crippen molar-refractivity contribution in [1.29, 1.82) is 0 Å². The first-order chi connectivity index (χ1) is 20.2. The summed E-state index contributed by atoms with van der Waals surface area (Å²) in [6.07, 6.45) is -4.80. The summed E-state index contributed by atoms with van der Waals surface area (Å²) in [7, 11) is 0.